The van der Waals surface area contributed by atoms with Crippen molar-refractivity contribution in [2.45, 2.75) is 63.8 Å². The standard InChI is InChI=1S/C19H27N5O2/c1-13-3-5-16(11-24(13)12-17-6-4-14(2)26-17)22-18(25)15-9-21-19-20-7-8-23(19)10-15/h7-10,13-14,16-17H,3-6,11-12H2,1-2H3,(H,22,25). The molecule has 2 aliphatic rings. The summed E-state index contributed by atoms with van der Waals surface area (Å²) in [6.07, 6.45) is 11.9. The van der Waals surface area contributed by atoms with E-state index >= 15 is 0 Å². The Bertz CT molecular complexity index is 776. The lowest BCUT2D eigenvalue weighted by molar-refractivity contribution is 0.0119. The number of fused-ring (bicyclic) bond motifs is 1. The molecule has 7 heteroatoms. The number of carbonyl (C=O) groups excluding carboxylic acids is 1. The monoisotopic (exact) mass is 357 g/mol. The number of nitrogens with one attached hydrogen (secondary N) is 1. The minimum atomic E-state index is -0.0710. The Morgan fingerprint density at radius 1 is 1.27 bits per heavy atom. The highest BCUT2D eigenvalue weighted by Gasteiger charge is 2.31. The summed E-state index contributed by atoms with van der Waals surface area (Å²) < 4.78 is 7.75. The van der Waals surface area contributed by atoms with Crippen LogP contribution in [-0.4, -0.2) is 62.6 Å². The summed E-state index contributed by atoms with van der Waals surface area (Å²) in [6.45, 7) is 6.25. The maximum atomic E-state index is 12.6. The van der Waals surface area contributed by atoms with Crippen LogP contribution in [0.4, 0.5) is 0 Å². The zero-order chi connectivity index (χ0) is 18.1. The highest BCUT2D eigenvalue weighted by molar-refractivity contribution is 5.94. The van der Waals surface area contributed by atoms with Crippen LogP contribution in [0.2, 0.25) is 0 Å². The molecule has 0 aliphatic carbocycles. The van der Waals surface area contributed by atoms with Crippen LogP contribution in [0.1, 0.15) is 49.9 Å². The lowest BCUT2D eigenvalue weighted by atomic mass is 9.98. The molecule has 0 saturated carbocycles. The number of rotatable bonds is 4. The number of likely N-dealkylation sites (tertiary alicyclic amines) is 1. The van der Waals surface area contributed by atoms with Gasteiger partial charge in [0, 0.05) is 50.0 Å². The van der Waals surface area contributed by atoms with Crippen molar-refractivity contribution in [1.29, 1.82) is 0 Å². The molecule has 140 valence electrons. The first kappa shape index (κ1) is 17.4. The largest absolute Gasteiger partial charge is 0.374 e. The van der Waals surface area contributed by atoms with Crippen LogP contribution >= 0.6 is 0 Å². The number of carbonyl (C=O) groups is 1. The first-order chi connectivity index (χ1) is 12.6. The number of amides is 1. The van der Waals surface area contributed by atoms with Gasteiger partial charge in [-0.05, 0) is 39.5 Å². The van der Waals surface area contributed by atoms with E-state index in [0.717, 1.165) is 38.8 Å². The van der Waals surface area contributed by atoms with Crippen LogP contribution in [0.5, 0.6) is 0 Å². The molecule has 4 rings (SSSR count). The van der Waals surface area contributed by atoms with Crippen LogP contribution in [-0.2, 0) is 4.74 Å². The summed E-state index contributed by atoms with van der Waals surface area (Å²) in [5.74, 6) is 0.531. The summed E-state index contributed by atoms with van der Waals surface area (Å²) >= 11 is 0. The number of aromatic nitrogens is 3. The Labute approximate surface area is 153 Å². The second kappa shape index (κ2) is 7.32. The molecule has 1 amide bonds. The third-order valence-corrected chi connectivity index (χ3v) is 5.61. The first-order valence-electron chi connectivity index (χ1n) is 9.57. The Morgan fingerprint density at radius 3 is 2.96 bits per heavy atom. The Morgan fingerprint density at radius 2 is 2.15 bits per heavy atom. The Hall–Kier alpha value is -1.99. The Kier molecular flexibility index (Phi) is 4.91. The molecule has 2 aliphatic heterocycles. The van der Waals surface area contributed by atoms with Crippen LogP contribution < -0.4 is 5.32 Å². The minimum absolute atomic E-state index is 0.0710. The predicted molar refractivity (Wildman–Crippen MR) is 98.1 cm³/mol. The molecular weight excluding hydrogens is 330 g/mol. The van der Waals surface area contributed by atoms with E-state index in [0.29, 0.717) is 29.6 Å². The number of imidazole rings is 1. The van der Waals surface area contributed by atoms with Gasteiger partial charge in [-0.1, -0.05) is 0 Å². The Balaban J connectivity index is 1.37. The summed E-state index contributed by atoms with van der Waals surface area (Å²) in [4.78, 5) is 23.4. The van der Waals surface area contributed by atoms with E-state index in [1.807, 2.05) is 0 Å². The topological polar surface area (TPSA) is 71.8 Å². The van der Waals surface area contributed by atoms with Crippen molar-refractivity contribution in [3.05, 3.63) is 30.4 Å². The molecule has 0 aromatic carbocycles. The minimum Gasteiger partial charge on any atom is -0.374 e. The molecule has 4 unspecified atom stereocenters. The quantitative estimate of drug-likeness (QED) is 0.905. The zero-order valence-corrected chi connectivity index (χ0v) is 15.5. The van der Waals surface area contributed by atoms with Crippen molar-refractivity contribution < 1.29 is 9.53 Å². The predicted octanol–water partition coefficient (Wildman–Crippen LogP) is 1.88. The van der Waals surface area contributed by atoms with Crippen molar-refractivity contribution in [3.8, 4) is 0 Å². The van der Waals surface area contributed by atoms with Gasteiger partial charge in [0.05, 0.1) is 17.8 Å². The number of ether oxygens (including phenoxy) is 1. The summed E-state index contributed by atoms with van der Waals surface area (Å²) in [7, 11) is 0. The molecule has 0 bridgehead atoms. The fraction of sp³-hybridized carbons (Fsp3) is 0.632. The van der Waals surface area contributed by atoms with Crippen molar-refractivity contribution in [1.82, 2.24) is 24.6 Å². The average Bonchev–Trinajstić information content (AvgIpc) is 3.25. The maximum absolute atomic E-state index is 12.6. The summed E-state index contributed by atoms with van der Waals surface area (Å²) in [5, 5.41) is 3.18. The van der Waals surface area contributed by atoms with Crippen molar-refractivity contribution in [3.63, 3.8) is 0 Å². The van der Waals surface area contributed by atoms with E-state index in [1.165, 1.54) is 0 Å². The molecule has 2 fully saturated rings. The highest BCUT2D eigenvalue weighted by Crippen LogP contribution is 2.24. The lowest BCUT2D eigenvalue weighted by Crippen LogP contribution is -2.52. The van der Waals surface area contributed by atoms with Crippen molar-refractivity contribution >= 4 is 11.7 Å². The number of piperidine rings is 1. The van der Waals surface area contributed by atoms with E-state index in [-0.39, 0.29) is 11.9 Å². The van der Waals surface area contributed by atoms with Gasteiger partial charge in [0.15, 0.2) is 0 Å². The van der Waals surface area contributed by atoms with Crippen LogP contribution in [0, 0.1) is 0 Å². The van der Waals surface area contributed by atoms with Gasteiger partial charge in [0.25, 0.3) is 5.91 Å². The number of nitrogens with zero attached hydrogens (tertiary/aromatic N) is 4. The van der Waals surface area contributed by atoms with Crippen LogP contribution in [0.3, 0.4) is 0 Å². The second-order valence-corrected chi connectivity index (χ2v) is 7.67. The van der Waals surface area contributed by atoms with E-state index in [4.69, 9.17) is 4.74 Å². The van der Waals surface area contributed by atoms with Gasteiger partial charge in [-0.2, -0.15) is 0 Å². The average molecular weight is 357 g/mol. The lowest BCUT2D eigenvalue weighted by Gasteiger charge is -2.39. The second-order valence-electron chi connectivity index (χ2n) is 7.67. The molecule has 0 radical (unpaired) electrons. The smallest absolute Gasteiger partial charge is 0.254 e. The maximum Gasteiger partial charge on any atom is 0.254 e. The molecule has 2 saturated heterocycles. The van der Waals surface area contributed by atoms with Gasteiger partial charge in [-0.25, -0.2) is 9.97 Å². The van der Waals surface area contributed by atoms with Gasteiger partial charge in [0.1, 0.15) is 0 Å². The number of hydrogen-bond donors (Lipinski definition) is 1. The van der Waals surface area contributed by atoms with Crippen molar-refractivity contribution in [2.24, 2.45) is 0 Å². The SMILES string of the molecule is CC1CCC(CN2CC(NC(=O)c3cnc4nccn4c3)CCC2C)O1. The van der Waals surface area contributed by atoms with E-state index in [9.17, 15) is 4.79 Å². The first-order valence-corrected chi connectivity index (χ1v) is 9.57. The van der Waals surface area contributed by atoms with Gasteiger partial charge >= 0.3 is 0 Å². The molecule has 0 spiro atoms. The summed E-state index contributed by atoms with van der Waals surface area (Å²) in [6, 6.07) is 0.697. The van der Waals surface area contributed by atoms with E-state index in [2.05, 4.69) is 34.0 Å². The molecule has 2 aromatic heterocycles. The van der Waals surface area contributed by atoms with Gasteiger partial charge < -0.3 is 10.1 Å². The summed E-state index contributed by atoms with van der Waals surface area (Å²) in [5.41, 5.74) is 0.564. The fourth-order valence-electron chi connectivity index (χ4n) is 4.04. The third-order valence-electron chi connectivity index (χ3n) is 5.61. The molecular formula is C19H27N5O2. The molecule has 26 heavy (non-hydrogen) atoms. The highest BCUT2D eigenvalue weighted by atomic mass is 16.5. The van der Waals surface area contributed by atoms with E-state index < -0.39 is 0 Å². The van der Waals surface area contributed by atoms with Crippen LogP contribution in [0.25, 0.3) is 5.78 Å². The fourth-order valence-corrected chi connectivity index (χ4v) is 4.04. The molecule has 7 nitrogen and oxygen atoms in total. The molecule has 2 aromatic rings. The van der Waals surface area contributed by atoms with Gasteiger partial charge in [-0.3, -0.25) is 14.1 Å². The van der Waals surface area contributed by atoms with Crippen molar-refractivity contribution in [2.75, 3.05) is 13.1 Å². The van der Waals surface area contributed by atoms with E-state index in [1.54, 1.807) is 29.2 Å². The molecule has 1 N–H and O–H groups in total. The molecule has 4 atom stereocenters. The van der Waals surface area contributed by atoms with Gasteiger partial charge in [0.2, 0.25) is 5.78 Å². The normalized spacial score (nSPS) is 29.9. The van der Waals surface area contributed by atoms with Crippen LogP contribution in [0.15, 0.2) is 24.8 Å². The van der Waals surface area contributed by atoms with Gasteiger partial charge in [-0.15, -0.1) is 0 Å². The molecule has 4 heterocycles. The number of hydrogen-bond acceptors (Lipinski definition) is 5. The zero-order valence-electron chi connectivity index (χ0n) is 15.5. The third kappa shape index (κ3) is 3.73.